The SMILES string of the molecule is COc1ccc2c3ccc4sc5ccccc5c4c3n(-c3ccccn3)c2c1. The van der Waals surface area contributed by atoms with Crippen LogP contribution in [0.4, 0.5) is 0 Å². The Bertz CT molecular complexity index is 1500. The van der Waals surface area contributed by atoms with E-state index in [0.29, 0.717) is 0 Å². The summed E-state index contributed by atoms with van der Waals surface area (Å²) in [6.07, 6.45) is 1.85. The molecule has 6 aromatic rings. The molecule has 0 bridgehead atoms. The van der Waals surface area contributed by atoms with E-state index in [4.69, 9.17) is 4.74 Å². The van der Waals surface area contributed by atoms with Crippen LogP contribution in [0.1, 0.15) is 0 Å². The van der Waals surface area contributed by atoms with Crippen molar-refractivity contribution in [2.24, 2.45) is 0 Å². The second-order valence-corrected chi connectivity index (χ2v) is 7.92. The number of hydrogen-bond donors (Lipinski definition) is 0. The first kappa shape index (κ1) is 15.7. The fourth-order valence-corrected chi connectivity index (χ4v) is 5.25. The quantitative estimate of drug-likeness (QED) is 0.340. The lowest BCUT2D eigenvalue weighted by atomic mass is 10.1. The first-order valence-electron chi connectivity index (χ1n) is 9.19. The monoisotopic (exact) mass is 380 g/mol. The van der Waals surface area contributed by atoms with Gasteiger partial charge in [-0.1, -0.05) is 30.3 Å². The third-order valence-electron chi connectivity index (χ3n) is 5.35. The first-order valence-corrected chi connectivity index (χ1v) is 10.0. The Morgan fingerprint density at radius 2 is 1.68 bits per heavy atom. The van der Waals surface area contributed by atoms with Crippen LogP contribution in [-0.4, -0.2) is 16.7 Å². The van der Waals surface area contributed by atoms with Gasteiger partial charge in [-0.05, 0) is 36.4 Å². The Hall–Kier alpha value is -3.37. The summed E-state index contributed by atoms with van der Waals surface area (Å²) in [5.74, 6) is 1.76. The summed E-state index contributed by atoms with van der Waals surface area (Å²) in [7, 11) is 1.71. The number of hydrogen-bond acceptors (Lipinski definition) is 3. The number of fused-ring (bicyclic) bond motifs is 7. The molecule has 4 heteroatoms. The van der Waals surface area contributed by atoms with E-state index in [-0.39, 0.29) is 0 Å². The van der Waals surface area contributed by atoms with Crippen LogP contribution in [0.2, 0.25) is 0 Å². The van der Waals surface area contributed by atoms with E-state index in [1.54, 1.807) is 7.11 Å². The fourth-order valence-electron chi connectivity index (χ4n) is 4.14. The van der Waals surface area contributed by atoms with Gasteiger partial charge in [0.15, 0.2) is 0 Å². The molecule has 0 N–H and O–H groups in total. The molecule has 0 saturated carbocycles. The van der Waals surface area contributed by atoms with Crippen molar-refractivity contribution in [3.05, 3.63) is 79.0 Å². The maximum Gasteiger partial charge on any atom is 0.137 e. The van der Waals surface area contributed by atoms with E-state index in [2.05, 4.69) is 64.1 Å². The lowest BCUT2D eigenvalue weighted by Crippen LogP contribution is -1.97. The molecule has 0 unspecified atom stereocenters. The van der Waals surface area contributed by atoms with Crippen molar-refractivity contribution >= 4 is 53.3 Å². The van der Waals surface area contributed by atoms with Gasteiger partial charge in [-0.25, -0.2) is 4.98 Å². The zero-order valence-electron chi connectivity index (χ0n) is 15.2. The summed E-state index contributed by atoms with van der Waals surface area (Å²) in [6, 6.07) is 25.4. The van der Waals surface area contributed by atoms with E-state index >= 15 is 0 Å². The molecule has 0 radical (unpaired) electrons. The minimum absolute atomic E-state index is 0.846. The van der Waals surface area contributed by atoms with E-state index < -0.39 is 0 Å². The van der Waals surface area contributed by atoms with Gasteiger partial charge in [0.25, 0.3) is 0 Å². The molecule has 3 aromatic carbocycles. The molecular formula is C24H16N2OS. The summed E-state index contributed by atoms with van der Waals surface area (Å²) in [6.45, 7) is 0. The van der Waals surface area contributed by atoms with Gasteiger partial charge in [0.05, 0.1) is 18.1 Å². The summed E-state index contributed by atoms with van der Waals surface area (Å²) in [5.41, 5.74) is 2.31. The number of aromatic nitrogens is 2. The van der Waals surface area contributed by atoms with Gasteiger partial charge in [0.2, 0.25) is 0 Å². The summed E-state index contributed by atoms with van der Waals surface area (Å²) < 4.78 is 10.4. The molecule has 134 valence electrons. The Morgan fingerprint density at radius 3 is 2.54 bits per heavy atom. The maximum atomic E-state index is 5.52. The predicted octanol–water partition coefficient (Wildman–Crippen LogP) is 6.56. The van der Waals surface area contributed by atoms with Crippen molar-refractivity contribution in [3.8, 4) is 11.6 Å². The molecule has 0 aliphatic carbocycles. The van der Waals surface area contributed by atoms with E-state index in [1.165, 1.54) is 36.5 Å². The fraction of sp³-hybridized carbons (Fsp3) is 0.0417. The number of rotatable bonds is 2. The van der Waals surface area contributed by atoms with Crippen LogP contribution in [0.5, 0.6) is 5.75 Å². The Labute approximate surface area is 165 Å². The summed E-state index contributed by atoms with van der Waals surface area (Å²) in [5, 5.41) is 5.02. The van der Waals surface area contributed by atoms with Gasteiger partial charge in [0.1, 0.15) is 11.6 Å². The second-order valence-electron chi connectivity index (χ2n) is 6.84. The Balaban J connectivity index is 1.92. The molecule has 0 aliphatic heterocycles. The molecule has 0 saturated heterocycles. The van der Waals surface area contributed by atoms with Crippen LogP contribution < -0.4 is 4.74 Å². The second kappa shape index (κ2) is 5.81. The zero-order valence-corrected chi connectivity index (χ0v) is 16.0. The first-order chi connectivity index (χ1) is 13.8. The number of pyridine rings is 1. The summed E-state index contributed by atoms with van der Waals surface area (Å²) in [4.78, 5) is 4.67. The minimum Gasteiger partial charge on any atom is -0.497 e. The molecule has 28 heavy (non-hydrogen) atoms. The van der Waals surface area contributed by atoms with E-state index in [0.717, 1.165) is 17.1 Å². The molecule has 0 aliphatic rings. The van der Waals surface area contributed by atoms with Crippen LogP contribution >= 0.6 is 11.3 Å². The molecule has 3 aromatic heterocycles. The number of methoxy groups -OCH3 is 1. The molecule has 0 spiro atoms. The molecular weight excluding hydrogens is 364 g/mol. The standard InChI is InChI=1S/C24H16N2OS/c1-27-15-9-10-16-17-11-12-21-23(18-6-2-3-7-20(18)28-21)24(17)26(19(16)14-15)22-8-4-5-13-25-22/h2-14H,1H3. The Kier molecular flexibility index (Phi) is 3.25. The molecule has 0 atom stereocenters. The minimum atomic E-state index is 0.846. The number of ether oxygens (including phenoxy) is 1. The van der Waals surface area contributed by atoms with Crippen molar-refractivity contribution < 1.29 is 4.74 Å². The smallest absolute Gasteiger partial charge is 0.137 e. The van der Waals surface area contributed by atoms with Crippen molar-refractivity contribution in [1.82, 2.24) is 9.55 Å². The summed E-state index contributed by atoms with van der Waals surface area (Å²) >= 11 is 1.84. The van der Waals surface area contributed by atoms with Crippen LogP contribution in [-0.2, 0) is 0 Å². The van der Waals surface area contributed by atoms with E-state index in [1.807, 2.05) is 35.7 Å². The highest BCUT2D eigenvalue weighted by Gasteiger charge is 2.18. The number of thiophene rings is 1. The number of nitrogens with zero attached hydrogens (tertiary/aromatic N) is 2. The zero-order chi connectivity index (χ0) is 18.7. The lowest BCUT2D eigenvalue weighted by Gasteiger charge is -2.08. The van der Waals surface area contributed by atoms with Gasteiger partial charge in [-0.2, -0.15) is 0 Å². The van der Waals surface area contributed by atoms with Crippen LogP contribution in [0.15, 0.2) is 79.0 Å². The third-order valence-corrected chi connectivity index (χ3v) is 6.49. The molecule has 3 heterocycles. The highest BCUT2D eigenvalue weighted by atomic mass is 32.1. The maximum absolute atomic E-state index is 5.52. The van der Waals surface area contributed by atoms with Gasteiger partial charge >= 0.3 is 0 Å². The third kappa shape index (κ3) is 2.06. The Morgan fingerprint density at radius 1 is 0.821 bits per heavy atom. The van der Waals surface area contributed by atoms with Crippen molar-refractivity contribution in [1.29, 1.82) is 0 Å². The topological polar surface area (TPSA) is 27.1 Å². The molecule has 6 rings (SSSR count). The van der Waals surface area contributed by atoms with Crippen LogP contribution in [0.3, 0.4) is 0 Å². The molecule has 0 amide bonds. The van der Waals surface area contributed by atoms with Crippen molar-refractivity contribution in [3.63, 3.8) is 0 Å². The van der Waals surface area contributed by atoms with Crippen molar-refractivity contribution in [2.45, 2.75) is 0 Å². The van der Waals surface area contributed by atoms with Gasteiger partial charge in [-0.15, -0.1) is 11.3 Å². The van der Waals surface area contributed by atoms with Gasteiger partial charge in [0, 0.05) is 43.2 Å². The average Bonchev–Trinajstić information content (AvgIpc) is 3.29. The normalized spacial score (nSPS) is 11.8. The highest BCUT2D eigenvalue weighted by Crippen LogP contribution is 2.43. The average molecular weight is 380 g/mol. The van der Waals surface area contributed by atoms with E-state index in [9.17, 15) is 0 Å². The molecule has 3 nitrogen and oxygen atoms in total. The largest absolute Gasteiger partial charge is 0.497 e. The van der Waals surface area contributed by atoms with Crippen LogP contribution in [0, 0.1) is 0 Å². The lowest BCUT2D eigenvalue weighted by molar-refractivity contribution is 0.415. The van der Waals surface area contributed by atoms with Gasteiger partial charge in [-0.3, -0.25) is 4.57 Å². The molecule has 0 fully saturated rings. The predicted molar refractivity (Wildman–Crippen MR) is 118 cm³/mol. The van der Waals surface area contributed by atoms with Crippen molar-refractivity contribution in [2.75, 3.05) is 7.11 Å². The van der Waals surface area contributed by atoms with Crippen LogP contribution in [0.25, 0.3) is 47.8 Å². The highest BCUT2D eigenvalue weighted by molar-refractivity contribution is 7.26. The van der Waals surface area contributed by atoms with Gasteiger partial charge < -0.3 is 4.74 Å². The number of benzene rings is 3.